The van der Waals surface area contributed by atoms with Gasteiger partial charge in [0.1, 0.15) is 0 Å². The molecule has 3 fully saturated rings. The Bertz CT molecular complexity index is 1010. The topological polar surface area (TPSA) is 43.9 Å². The molecule has 2 amide bonds. The minimum atomic E-state index is -2.65. The number of alkyl halides is 2. The molecule has 5 nitrogen and oxygen atoms in total. The van der Waals surface area contributed by atoms with Crippen LogP contribution in [-0.2, 0) is 9.59 Å². The lowest BCUT2D eigenvalue weighted by Crippen LogP contribution is -2.54. The number of hydrogen-bond donors (Lipinski definition) is 0. The molecule has 0 unspecified atom stereocenters. The Morgan fingerprint density at radius 2 is 1.53 bits per heavy atom. The van der Waals surface area contributed by atoms with Crippen LogP contribution in [-0.4, -0.2) is 76.2 Å². The maximum atomic E-state index is 14.0. The second-order valence-electron chi connectivity index (χ2n) is 13.6. The first-order valence-corrected chi connectivity index (χ1v) is 14.4. The second-order valence-corrected chi connectivity index (χ2v) is 14.1. The third-order valence-corrected chi connectivity index (χ3v) is 8.96. The second kappa shape index (κ2) is 10.7. The molecule has 2 saturated heterocycles. The van der Waals surface area contributed by atoms with Crippen LogP contribution < -0.4 is 0 Å². The van der Waals surface area contributed by atoms with Gasteiger partial charge in [-0.25, -0.2) is 8.78 Å². The summed E-state index contributed by atoms with van der Waals surface area (Å²) in [6, 6.07) is 7.47. The highest BCUT2D eigenvalue weighted by Gasteiger charge is 2.47. The Kier molecular flexibility index (Phi) is 8.22. The van der Waals surface area contributed by atoms with E-state index < -0.39 is 11.3 Å². The van der Waals surface area contributed by atoms with Crippen LogP contribution in [0.1, 0.15) is 85.1 Å². The van der Waals surface area contributed by atoms with Crippen molar-refractivity contribution in [2.45, 2.75) is 103 Å². The van der Waals surface area contributed by atoms with Gasteiger partial charge in [0, 0.05) is 67.0 Å². The van der Waals surface area contributed by atoms with Gasteiger partial charge in [0.25, 0.3) is 0 Å². The molecular formula is C30H44ClF2N3O2. The first-order chi connectivity index (χ1) is 17.6. The number of amides is 2. The van der Waals surface area contributed by atoms with E-state index in [1.54, 1.807) is 0 Å². The van der Waals surface area contributed by atoms with Crippen LogP contribution in [0.15, 0.2) is 24.3 Å². The van der Waals surface area contributed by atoms with E-state index in [4.69, 9.17) is 11.6 Å². The molecule has 1 aromatic carbocycles. The highest BCUT2D eigenvalue weighted by atomic mass is 35.5. The fourth-order valence-electron chi connectivity index (χ4n) is 6.37. The third kappa shape index (κ3) is 6.35. The first-order valence-electron chi connectivity index (χ1n) is 14.1. The SMILES string of the molecule is CC(C)(C)C(=O)N(C1CCC(F)(F)CC1)[C@H]1CCN(C(=O)[C@@H]2CN(C(C)(C)C)C[C@H]2c2ccc(Cl)cc2)C1. The van der Waals surface area contributed by atoms with Crippen molar-refractivity contribution in [1.29, 1.82) is 0 Å². The van der Waals surface area contributed by atoms with Crippen LogP contribution in [0.3, 0.4) is 0 Å². The summed E-state index contributed by atoms with van der Waals surface area (Å²) in [5.41, 5.74) is 0.435. The van der Waals surface area contributed by atoms with E-state index in [-0.39, 0.29) is 54.1 Å². The molecule has 8 heteroatoms. The Morgan fingerprint density at radius 1 is 0.921 bits per heavy atom. The lowest BCUT2D eigenvalue weighted by molar-refractivity contribution is -0.148. The van der Waals surface area contributed by atoms with Crippen LogP contribution in [0.4, 0.5) is 8.78 Å². The van der Waals surface area contributed by atoms with Gasteiger partial charge in [-0.2, -0.15) is 0 Å². The van der Waals surface area contributed by atoms with Crippen molar-refractivity contribution in [3.63, 3.8) is 0 Å². The summed E-state index contributed by atoms with van der Waals surface area (Å²) in [6.45, 7) is 14.7. The van der Waals surface area contributed by atoms with Crippen LogP contribution >= 0.6 is 11.6 Å². The molecule has 38 heavy (non-hydrogen) atoms. The molecular weight excluding hydrogens is 508 g/mol. The van der Waals surface area contributed by atoms with Gasteiger partial charge in [0.2, 0.25) is 17.7 Å². The Balaban J connectivity index is 1.53. The average molecular weight is 552 g/mol. The molecule has 1 aromatic rings. The number of halogens is 3. The third-order valence-electron chi connectivity index (χ3n) is 8.71. The van der Waals surface area contributed by atoms with Crippen molar-refractivity contribution in [1.82, 2.24) is 14.7 Å². The largest absolute Gasteiger partial charge is 0.340 e. The van der Waals surface area contributed by atoms with Crippen LogP contribution in [0, 0.1) is 11.3 Å². The van der Waals surface area contributed by atoms with Gasteiger partial charge in [-0.05, 0) is 57.7 Å². The summed E-state index contributed by atoms with van der Waals surface area (Å²) < 4.78 is 27.9. The molecule has 2 heterocycles. The van der Waals surface area contributed by atoms with Gasteiger partial charge in [-0.3, -0.25) is 14.5 Å². The van der Waals surface area contributed by atoms with Gasteiger partial charge in [-0.1, -0.05) is 44.5 Å². The number of hydrogen-bond acceptors (Lipinski definition) is 3. The number of carbonyl (C=O) groups excluding carboxylic acids is 2. The number of carbonyl (C=O) groups is 2. The zero-order valence-electron chi connectivity index (χ0n) is 23.8. The average Bonchev–Trinajstić information content (AvgIpc) is 3.48. The highest BCUT2D eigenvalue weighted by molar-refractivity contribution is 6.30. The van der Waals surface area contributed by atoms with Crippen molar-refractivity contribution in [3.05, 3.63) is 34.9 Å². The fraction of sp³-hybridized carbons (Fsp3) is 0.733. The number of nitrogens with zero attached hydrogens (tertiary/aromatic N) is 3. The fourth-order valence-corrected chi connectivity index (χ4v) is 6.50. The molecule has 3 aliphatic rings. The maximum absolute atomic E-state index is 14.0. The molecule has 2 aliphatic heterocycles. The Labute approximate surface area is 231 Å². The molecule has 1 saturated carbocycles. The molecule has 4 rings (SSSR count). The quantitative estimate of drug-likeness (QED) is 0.447. The first kappa shape index (κ1) is 29.3. The minimum Gasteiger partial charge on any atom is -0.340 e. The normalized spacial score (nSPS) is 27.1. The van der Waals surface area contributed by atoms with Gasteiger partial charge < -0.3 is 9.80 Å². The number of rotatable bonds is 4. The zero-order valence-corrected chi connectivity index (χ0v) is 24.5. The van der Waals surface area contributed by atoms with Crippen molar-refractivity contribution >= 4 is 23.4 Å². The van der Waals surface area contributed by atoms with E-state index in [1.807, 2.05) is 54.8 Å². The highest BCUT2D eigenvalue weighted by Crippen LogP contribution is 2.40. The summed E-state index contributed by atoms with van der Waals surface area (Å²) in [6.07, 6.45) is 0.923. The molecule has 0 bridgehead atoms. The van der Waals surface area contributed by atoms with E-state index in [1.165, 1.54) is 0 Å². The van der Waals surface area contributed by atoms with Crippen LogP contribution in [0.2, 0.25) is 5.02 Å². The van der Waals surface area contributed by atoms with Crippen molar-refractivity contribution in [3.8, 4) is 0 Å². The van der Waals surface area contributed by atoms with Crippen LogP contribution in [0.5, 0.6) is 0 Å². The monoisotopic (exact) mass is 551 g/mol. The minimum absolute atomic E-state index is 0.00849. The predicted octanol–water partition coefficient (Wildman–Crippen LogP) is 6.21. The van der Waals surface area contributed by atoms with Gasteiger partial charge >= 0.3 is 0 Å². The smallest absolute Gasteiger partial charge is 0.248 e. The predicted molar refractivity (Wildman–Crippen MR) is 147 cm³/mol. The Morgan fingerprint density at radius 3 is 2.08 bits per heavy atom. The van der Waals surface area contributed by atoms with E-state index >= 15 is 0 Å². The summed E-state index contributed by atoms with van der Waals surface area (Å²) in [4.78, 5) is 33.8. The molecule has 0 radical (unpaired) electrons. The summed E-state index contributed by atoms with van der Waals surface area (Å²) in [5.74, 6) is -2.66. The van der Waals surface area contributed by atoms with Gasteiger partial charge in [-0.15, -0.1) is 0 Å². The van der Waals surface area contributed by atoms with Gasteiger partial charge in [0.15, 0.2) is 0 Å². The summed E-state index contributed by atoms with van der Waals surface area (Å²) in [5, 5.41) is 0.675. The maximum Gasteiger partial charge on any atom is 0.248 e. The van der Waals surface area contributed by atoms with Crippen molar-refractivity contribution < 1.29 is 18.4 Å². The lowest BCUT2D eigenvalue weighted by atomic mass is 9.86. The number of benzene rings is 1. The molecule has 212 valence electrons. The van der Waals surface area contributed by atoms with Gasteiger partial charge in [0.05, 0.1) is 12.0 Å². The van der Waals surface area contributed by atoms with E-state index in [9.17, 15) is 18.4 Å². The van der Waals surface area contributed by atoms with E-state index in [0.29, 0.717) is 43.9 Å². The Hall–Kier alpha value is -1.73. The molecule has 0 aromatic heterocycles. The van der Waals surface area contributed by atoms with Crippen molar-refractivity contribution in [2.24, 2.45) is 11.3 Å². The molecule has 1 aliphatic carbocycles. The van der Waals surface area contributed by atoms with Crippen molar-refractivity contribution in [2.75, 3.05) is 26.2 Å². The summed E-state index contributed by atoms with van der Waals surface area (Å²) in [7, 11) is 0. The van der Waals surface area contributed by atoms with Crippen LogP contribution in [0.25, 0.3) is 0 Å². The molecule has 0 spiro atoms. The summed E-state index contributed by atoms with van der Waals surface area (Å²) >= 11 is 6.15. The number of likely N-dealkylation sites (tertiary alicyclic amines) is 2. The molecule has 3 atom stereocenters. The van der Waals surface area contributed by atoms with E-state index in [2.05, 4.69) is 25.7 Å². The molecule has 0 N–H and O–H groups in total. The lowest BCUT2D eigenvalue weighted by Gasteiger charge is -2.43. The zero-order chi connectivity index (χ0) is 28.0. The van der Waals surface area contributed by atoms with E-state index in [0.717, 1.165) is 12.1 Å². The standard InChI is InChI=1S/C30H44ClF2N3O2/c1-28(2,3)27(38)36(22-11-14-30(32,33)15-12-22)23-13-16-34(17-23)26(37)25-19-35(29(4,5)6)18-24(25)20-7-9-21(31)10-8-20/h7-10,22-25H,11-19H2,1-6H3/t23-,24-,25+/m0/s1.